The highest BCUT2D eigenvalue weighted by atomic mass is 79.9. The van der Waals surface area contributed by atoms with Crippen LogP contribution in [-0.2, 0) is 10.0 Å². The van der Waals surface area contributed by atoms with Crippen LogP contribution in [0.3, 0.4) is 0 Å². The van der Waals surface area contributed by atoms with Crippen LogP contribution in [0.2, 0.25) is 0 Å². The summed E-state index contributed by atoms with van der Waals surface area (Å²) in [6.45, 7) is 0. The molecule has 0 spiro atoms. The summed E-state index contributed by atoms with van der Waals surface area (Å²) in [7, 11) is -0.873. The molecule has 0 unspecified atom stereocenters. The standard InChI is InChI=1S/C8H10BrFN2O2S/c1-12(2)15(13,14)8-3-5(9)6(10)4-7(8)11/h3-4H,11H2,1-2H3. The molecular weight excluding hydrogens is 287 g/mol. The highest BCUT2D eigenvalue weighted by Gasteiger charge is 2.21. The fourth-order valence-corrected chi connectivity index (χ4v) is 2.48. The van der Waals surface area contributed by atoms with Gasteiger partial charge in [0.15, 0.2) is 0 Å². The zero-order valence-corrected chi connectivity index (χ0v) is 10.6. The molecule has 0 amide bonds. The second kappa shape index (κ2) is 4.07. The van der Waals surface area contributed by atoms with Crippen molar-refractivity contribution in [2.75, 3.05) is 19.8 Å². The zero-order valence-electron chi connectivity index (χ0n) is 8.16. The molecule has 0 atom stereocenters. The Morgan fingerprint density at radius 1 is 1.40 bits per heavy atom. The first-order valence-corrected chi connectivity index (χ1v) is 6.17. The predicted octanol–water partition coefficient (Wildman–Crippen LogP) is 1.42. The summed E-state index contributed by atoms with van der Waals surface area (Å²) in [4.78, 5) is -0.110. The van der Waals surface area contributed by atoms with E-state index in [-0.39, 0.29) is 15.1 Å². The first kappa shape index (κ1) is 12.4. The van der Waals surface area contributed by atoms with Crippen molar-refractivity contribution in [1.29, 1.82) is 0 Å². The second-order valence-electron chi connectivity index (χ2n) is 3.09. The van der Waals surface area contributed by atoms with E-state index in [1.165, 1.54) is 14.1 Å². The lowest BCUT2D eigenvalue weighted by atomic mass is 10.3. The van der Waals surface area contributed by atoms with Crippen LogP contribution in [0.1, 0.15) is 0 Å². The molecule has 7 heteroatoms. The van der Waals surface area contributed by atoms with Crippen molar-refractivity contribution in [3.63, 3.8) is 0 Å². The second-order valence-corrected chi connectivity index (χ2v) is 6.07. The van der Waals surface area contributed by atoms with Gasteiger partial charge in [-0.05, 0) is 28.1 Å². The van der Waals surface area contributed by atoms with Crippen LogP contribution in [-0.4, -0.2) is 26.8 Å². The number of anilines is 1. The van der Waals surface area contributed by atoms with E-state index < -0.39 is 15.8 Å². The number of halogens is 2. The minimum Gasteiger partial charge on any atom is -0.398 e. The van der Waals surface area contributed by atoms with E-state index in [1.807, 2.05) is 0 Å². The van der Waals surface area contributed by atoms with Crippen molar-refractivity contribution < 1.29 is 12.8 Å². The van der Waals surface area contributed by atoms with Gasteiger partial charge >= 0.3 is 0 Å². The number of hydrogen-bond acceptors (Lipinski definition) is 3. The minimum absolute atomic E-state index is 0.0668. The zero-order chi connectivity index (χ0) is 11.8. The van der Waals surface area contributed by atoms with Gasteiger partial charge in [0, 0.05) is 14.1 Å². The van der Waals surface area contributed by atoms with Crippen LogP contribution in [0, 0.1) is 5.82 Å². The Balaban J connectivity index is 3.46. The molecular formula is C8H10BrFN2O2S. The fourth-order valence-electron chi connectivity index (χ4n) is 0.964. The molecule has 1 aromatic carbocycles. The van der Waals surface area contributed by atoms with Gasteiger partial charge in [-0.25, -0.2) is 17.1 Å². The number of rotatable bonds is 2. The number of nitrogen functional groups attached to an aromatic ring is 1. The summed E-state index contributed by atoms with van der Waals surface area (Å²) in [5, 5.41) is 0. The van der Waals surface area contributed by atoms with E-state index in [2.05, 4.69) is 15.9 Å². The Labute approximate surface area is 96.1 Å². The largest absolute Gasteiger partial charge is 0.398 e. The molecule has 1 aromatic rings. The molecule has 0 fully saturated rings. The van der Waals surface area contributed by atoms with E-state index in [0.29, 0.717) is 0 Å². The van der Waals surface area contributed by atoms with E-state index in [0.717, 1.165) is 16.4 Å². The van der Waals surface area contributed by atoms with Crippen LogP contribution in [0.25, 0.3) is 0 Å². The third-order valence-electron chi connectivity index (χ3n) is 1.81. The van der Waals surface area contributed by atoms with Crippen LogP contribution in [0.5, 0.6) is 0 Å². The van der Waals surface area contributed by atoms with Crippen molar-refractivity contribution in [2.24, 2.45) is 0 Å². The van der Waals surface area contributed by atoms with Gasteiger partial charge in [-0.2, -0.15) is 0 Å². The summed E-state index contributed by atoms with van der Waals surface area (Å²) in [6, 6.07) is 2.13. The molecule has 0 heterocycles. The molecule has 0 aliphatic rings. The van der Waals surface area contributed by atoms with Crippen molar-refractivity contribution in [3.8, 4) is 0 Å². The average Bonchev–Trinajstić information content (AvgIpc) is 2.10. The molecule has 0 radical (unpaired) electrons. The number of hydrogen-bond donors (Lipinski definition) is 1. The predicted molar refractivity (Wildman–Crippen MR) is 59.4 cm³/mol. The van der Waals surface area contributed by atoms with E-state index in [9.17, 15) is 12.8 Å². The lowest BCUT2D eigenvalue weighted by Gasteiger charge is -2.13. The van der Waals surface area contributed by atoms with Gasteiger partial charge in [-0.3, -0.25) is 0 Å². The molecule has 2 N–H and O–H groups in total. The first-order chi connectivity index (χ1) is 6.76. The van der Waals surface area contributed by atoms with E-state index >= 15 is 0 Å². The molecule has 0 aliphatic heterocycles. The highest BCUT2D eigenvalue weighted by Crippen LogP contribution is 2.27. The number of nitrogens with zero attached hydrogens (tertiary/aromatic N) is 1. The summed E-state index contributed by atoms with van der Waals surface area (Å²) >= 11 is 2.91. The van der Waals surface area contributed by atoms with Crippen LogP contribution < -0.4 is 5.73 Å². The van der Waals surface area contributed by atoms with Crippen molar-refractivity contribution >= 4 is 31.6 Å². The smallest absolute Gasteiger partial charge is 0.244 e. The Hall–Kier alpha value is -0.660. The van der Waals surface area contributed by atoms with Crippen molar-refractivity contribution in [2.45, 2.75) is 4.90 Å². The first-order valence-electron chi connectivity index (χ1n) is 3.94. The van der Waals surface area contributed by atoms with Crippen LogP contribution in [0.4, 0.5) is 10.1 Å². The van der Waals surface area contributed by atoms with Gasteiger partial charge < -0.3 is 5.73 Å². The van der Waals surface area contributed by atoms with E-state index in [4.69, 9.17) is 5.73 Å². The van der Waals surface area contributed by atoms with Crippen molar-refractivity contribution in [3.05, 3.63) is 22.4 Å². The molecule has 0 saturated carbocycles. The van der Waals surface area contributed by atoms with Gasteiger partial charge in [0.1, 0.15) is 10.7 Å². The Morgan fingerprint density at radius 3 is 2.40 bits per heavy atom. The van der Waals surface area contributed by atoms with Gasteiger partial charge in [0.25, 0.3) is 0 Å². The molecule has 1 rings (SSSR count). The molecule has 15 heavy (non-hydrogen) atoms. The average molecular weight is 297 g/mol. The van der Waals surface area contributed by atoms with Crippen LogP contribution in [0.15, 0.2) is 21.5 Å². The Kier molecular flexibility index (Phi) is 3.37. The molecule has 0 saturated heterocycles. The van der Waals surface area contributed by atoms with Crippen molar-refractivity contribution in [1.82, 2.24) is 4.31 Å². The fraction of sp³-hybridized carbons (Fsp3) is 0.250. The normalized spacial score (nSPS) is 12.1. The summed E-state index contributed by atoms with van der Waals surface area (Å²) in [5.41, 5.74) is 5.34. The number of nitrogens with two attached hydrogens (primary N) is 1. The lowest BCUT2D eigenvalue weighted by Crippen LogP contribution is -2.23. The molecule has 0 aliphatic carbocycles. The number of benzene rings is 1. The SMILES string of the molecule is CN(C)S(=O)(=O)c1cc(Br)c(F)cc1N. The molecule has 0 aromatic heterocycles. The Bertz CT molecular complexity index is 488. The maximum Gasteiger partial charge on any atom is 0.244 e. The molecule has 4 nitrogen and oxygen atoms in total. The lowest BCUT2D eigenvalue weighted by molar-refractivity contribution is 0.520. The topological polar surface area (TPSA) is 63.4 Å². The maximum atomic E-state index is 13.0. The number of sulfonamides is 1. The summed E-state index contributed by atoms with van der Waals surface area (Å²) in [6.07, 6.45) is 0. The van der Waals surface area contributed by atoms with E-state index in [1.54, 1.807) is 0 Å². The van der Waals surface area contributed by atoms with Gasteiger partial charge in [-0.1, -0.05) is 0 Å². The monoisotopic (exact) mass is 296 g/mol. The third-order valence-corrected chi connectivity index (χ3v) is 4.29. The highest BCUT2D eigenvalue weighted by molar-refractivity contribution is 9.10. The quantitative estimate of drug-likeness (QED) is 0.840. The minimum atomic E-state index is -3.64. The summed E-state index contributed by atoms with van der Waals surface area (Å²) in [5.74, 6) is -0.592. The molecule has 84 valence electrons. The molecule has 0 bridgehead atoms. The van der Waals surface area contributed by atoms with Gasteiger partial charge in [-0.15, -0.1) is 0 Å². The Morgan fingerprint density at radius 2 is 1.93 bits per heavy atom. The maximum absolute atomic E-state index is 13.0. The van der Waals surface area contributed by atoms with Gasteiger partial charge in [0.2, 0.25) is 10.0 Å². The third kappa shape index (κ3) is 2.30. The van der Waals surface area contributed by atoms with Gasteiger partial charge in [0.05, 0.1) is 10.2 Å². The summed E-state index contributed by atoms with van der Waals surface area (Å²) < 4.78 is 37.5. The van der Waals surface area contributed by atoms with Crippen LogP contribution >= 0.6 is 15.9 Å².